The second-order valence-corrected chi connectivity index (χ2v) is 23.8. The number of rotatable bonds is 14. The van der Waals surface area contributed by atoms with Crippen molar-refractivity contribution in [1.29, 1.82) is 0 Å². The van der Waals surface area contributed by atoms with Crippen molar-refractivity contribution >= 4 is 0 Å². The average Bonchev–Trinajstić information content (AvgIpc) is 3.80. The molecule has 5 saturated heterocycles. The highest BCUT2D eigenvalue weighted by Gasteiger charge is 2.68. The summed E-state index contributed by atoms with van der Waals surface area (Å²) in [6.07, 6.45) is -20.5. The Morgan fingerprint density at radius 3 is 1.86 bits per heavy atom. The van der Waals surface area contributed by atoms with Crippen molar-refractivity contribution in [3.63, 3.8) is 0 Å². The molecule has 8 fully saturated rings. The van der Waals surface area contributed by atoms with Crippen LogP contribution in [0.4, 0.5) is 0 Å². The Kier molecular flexibility index (Phi) is 16.9. The fourth-order valence-electron chi connectivity index (χ4n) is 14.9. The van der Waals surface area contributed by atoms with Crippen LogP contribution in [0.15, 0.2) is 11.6 Å². The highest BCUT2D eigenvalue weighted by molar-refractivity contribution is 5.26. The maximum Gasteiger partial charge on any atom is 0.187 e. The third kappa shape index (κ3) is 10.2. The van der Waals surface area contributed by atoms with Gasteiger partial charge in [0.25, 0.3) is 0 Å². The number of hydrogen-bond donors (Lipinski definition) is 13. The van der Waals surface area contributed by atoms with Gasteiger partial charge in [-0.05, 0) is 106 Å². The fourth-order valence-corrected chi connectivity index (χ4v) is 14.9. The Bertz CT molecular complexity index is 1900. The molecule has 5 heterocycles. The van der Waals surface area contributed by atoms with Crippen LogP contribution in [0, 0.1) is 46.3 Å². The maximum absolute atomic E-state index is 12.1. The molecular formula is C51H84O22. The fraction of sp³-hybridized carbons (Fsp3) is 0.961. The van der Waals surface area contributed by atoms with E-state index in [1.54, 1.807) is 0 Å². The van der Waals surface area contributed by atoms with Crippen LogP contribution in [0.25, 0.3) is 0 Å². The summed E-state index contributed by atoms with van der Waals surface area (Å²) < 4.78 is 54.6. The van der Waals surface area contributed by atoms with E-state index in [4.69, 9.17) is 42.6 Å². The van der Waals surface area contributed by atoms with Crippen molar-refractivity contribution in [1.82, 2.24) is 0 Å². The monoisotopic (exact) mass is 1050 g/mol. The molecule has 31 atom stereocenters. The Morgan fingerprint density at radius 2 is 1.23 bits per heavy atom. The first kappa shape index (κ1) is 56.6. The van der Waals surface area contributed by atoms with Crippen LogP contribution in [0.3, 0.4) is 0 Å². The number of allylic oxidation sites excluding steroid dienone is 1. The van der Waals surface area contributed by atoms with E-state index in [0.717, 1.165) is 32.1 Å². The molecule has 3 saturated carbocycles. The molecule has 9 rings (SSSR count). The molecule has 0 aromatic rings. The zero-order chi connectivity index (χ0) is 52.8. The van der Waals surface area contributed by atoms with Gasteiger partial charge in [0.15, 0.2) is 30.9 Å². The number of aliphatic hydroxyl groups excluding tert-OH is 12. The van der Waals surface area contributed by atoms with E-state index in [1.807, 2.05) is 6.92 Å². The highest BCUT2D eigenvalue weighted by atomic mass is 16.8. The van der Waals surface area contributed by atoms with E-state index in [0.29, 0.717) is 43.4 Å². The molecule has 22 heteroatoms. The van der Waals surface area contributed by atoms with Crippen LogP contribution in [-0.2, 0) is 42.6 Å². The predicted molar refractivity (Wildman–Crippen MR) is 249 cm³/mol. The maximum atomic E-state index is 12.1. The molecule has 13 N–H and O–H groups in total. The average molecular weight is 1050 g/mol. The molecule has 420 valence electrons. The molecule has 5 aliphatic heterocycles. The second-order valence-electron chi connectivity index (χ2n) is 23.8. The quantitative estimate of drug-likeness (QED) is 0.0839. The van der Waals surface area contributed by atoms with Gasteiger partial charge in [-0.15, -0.1) is 0 Å². The Morgan fingerprint density at radius 1 is 0.644 bits per heavy atom. The van der Waals surface area contributed by atoms with E-state index in [1.165, 1.54) is 19.4 Å². The summed E-state index contributed by atoms with van der Waals surface area (Å²) >= 11 is 0. The van der Waals surface area contributed by atoms with Crippen LogP contribution >= 0.6 is 0 Å². The summed E-state index contributed by atoms with van der Waals surface area (Å²) in [6, 6.07) is 0. The zero-order valence-corrected chi connectivity index (χ0v) is 42.7. The van der Waals surface area contributed by atoms with Gasteiger partial charge in [0, 0.05) is 12.3 Å². The summed E-state index contributed by atoms with van der Waals surface area (Å²) in [6.45, 7) is 10.7. The lowest BCUT2D eigenvalue weighted by atomic mass is 9.47. The van der Waals surface area contributed by atoms with E-state index >= 15 is 0 Å². The van der Waals surface area contributed by atoms with Crippen molar-refractivity contribution in [2.24, 2.45) is 46.3 Å². The van der Waals surface area contributed by atoms with Crippen LogP contribution in [0.1, 0.15) is 99.3 Å². The van der Waals surface area contributed by atoms with E-state index in [2.05, 4.69) is 26.8 Å². The van der Waals surface area contributed by atoms with E-state index in [9.17, 15) is 66.4 Å². The summed E-state index contributed by atoms with van der Waals surface area (Å²) in [5.74, 6) is -0.232. The van der Waals surface area contributed by atoms with E-state index in [-0.39, 0.29) is 41.3 Å². The molecule has 0 aromatic heterocycles. The van der Waals surface area contributed by atoms with Crippen molar-refractivity contribution in [3.8, 4) is 0 Å². The van der Waals surface area contributed by atoms with Gasteiger partial charge >= 0.3 is 0 Å². The standard InChI is InChI=1S/C51H84O22/c1-20(19-65-45-39(60)38(59)35(56)30(17-52)69-45)9-14-51(64)21(2)32-29(73-51)16-28-26-8-7-24-15-25(10-12-49(24,5)27(26)11-13-50(28,32)6)68-48-44(72-47-41(62)37(58)34(55)23(4)67-47)42(63)43(31(18-53)70-48)71-46-40(61)36(57)33(54)22(3)66-46/h7,20-23,25-48,52-64H,8-19H2,1-6H3/t20-,21+,22+,23+,25+,26?,27?,28?,29?,30-,31-,32?,33+,34+,35-,36-,37-,38+,39-,40-,41-,42+,43-,44-,45-,46+,47+,48-,49+,50+,51?/m1/s1. The Labute approximate surface area is 426 Å². The van der Waals surface area contributed by atoms with Crippen LogP contribution in [0.5, 0.6) is 0 Å². The van der Waals surface area contributed by atoms with Crippen LogP contribution < -0.4 is 0 Å². The lowest BCUT2D eigenvalue weighted by Crippen LogP contribution is -2.66. The van der Waals surface area contributed by atoms with Crippen molar-refractivity contribution in [3.05, 3.63) is 11.6 Å². The summed E-state index contributed by atoms with van der Waals surface area (Å²) in [4.78, 5) is 0. The molecule has 0 amide bonds. The Hall–Kier alpha value is -1.14. The lowest BCUT2D eigenvalue weighted by molar-refractivity contribution is -0.388. The first-order chi connectivity index (χ1) is 34.5. The van der Waals surface area contributed by atoms with Crippen molar-refractivity contribution in [2.75, 3.05) is 19.8 Å². The zero-order valence-electron chi connectivity index (χ0n) is 42.7. The number of hydrogen-bond acceptors (Lipinski definition) is 22. The number of ether oxygens (including phenoxy) is 9. The summed E-state index contributed by atoms with van der Waals surface area (Å²) in [5, 5.41) is 139. The topological polar surface area (TPSA) is 346 Å². The summed E-state index contributed by atoms with van der Waals surface area (Å²) in [5.41, 5.74) is 1.07. The van der Waals surface area contributed by atoms with Gasteiger partial charge in [-0.3, -0.25) is 0 Å². The van der Waals surface area contributed by atoms with Gasteiger partial charge in [0.05, 0.1) is 44.2 Å². The first-order valence-electron chi connectivity index (χ1n) is 26.8. The van der Waals surface area contributed by atoms with Gasteiger partial charge in [0.1, 0.15) is 85.5 Å². The number of aliphatic hydroxyl groups is 13. The minimum absolute atomic E-state index is 0.0589. The van der Waals surface area contributed by atoms with Crippen molar-refractivity contribution < 1.29 is 109 Å². The molecule has 6 unspecified atom stereocenters. The first-order valence-corrected chi connectivity index (χ1v) is 26.8. The third-order valence-electron chi connectivity index (χ3n) is 19.5. The normalized spacial score (nSPS) is 55.5. The molecular weight excluding hydrogens is 965 g/mol. The van der Waals surface area contributed by atoms with E-state index < -0.39 is 148 Å². The summed E-state index contributed by atoms with van der Waals surface area (Å²) in [7, 11) is 0. The third-order valence-corrected chi connectivity index (χ3v) is 19.5. The Balaban J connectivity index is 0.846. The highest BCUT2D eigenvalue weighted by Crippen LogP contribution is 2.70. The van der Waals surface area contributed by atoms with Gasteiger partial charge < -0.3 is 109 Å². The molecule has 0 spiro atoms. The lowest BCUT2D eigenvalue weighted by Gasteiger charge is -2.58. The molecule has 0 aromatic carbocycles. The van der Waals surface area contributed by atoms with Gasteiger partial charge in [-0.25, -0.2) is 0 Å². The molecule has 73 heavy (non-hydrogen) atoms. The minimum Gasteiger partial charge on any atom is -0.394 e. The number of fused-ring (bicyclic) bond motifs is 7. The molecule has 0 radical (unpaired) electrons. The van der Waals surface area contributed by atoms with Crippen molar-refractivity contribution in [2.45, 2.75) is 240 Å². The largest absolute Gasteiger partial charge is 0.394 e. The van der Waals surface area contributed by atoms with Gasteiger partial charge in [-0.1, -0.05) is 39.3 Å². The smallest absolute Gasteiger partial charge is 0.187 e. The van der Waals surface area contributed by atoms with Gasteiger partial charge in [0.2, 0.25) is 0 Å². The SMILES string of the molecule is C[C@H](CCC1(O)OC2CC3C4CC=C5C[C@@H](O[C@@H]6O[C@H](CO)[C@@H](O[C@@H]7O[C@@H](C)[C@H](O)[C@@H](O)[C@H]7O)[C@H](O)[C@H]6O[C@@H]6O[C@@H](C)[C@H](O)[C@@H](O)[C@H]6O)CC[C@]5(C)C4CC[C@]3(C)C2[C@@H]1C)CO[C@@H]1O[C@H](CO)[C@@H](O)[C@H](O)[C@H]1O. The second kappa shape index (κ2) is 21.8. The van der Waals surface area contributed by atoms with Crippen LogP contribution in [-0.4, -0.2) is 227 Å². The molecule has 0 bridgehead atoms. The minimum atomic E-state index is -1.75. The van der Waals surface area contributed by atoms with Crippen LogP contribution in [0.2, 0.25) is 0 Å². The molecule has 4 aliphatic carbocycles. The predicted octanol–water partition coefficient (Wildman–Crippen LogP) is -1.98. The van der Waals surface area contributed by atoms with Gasteiger partial charge in [-0.2, -0.15) is 0 Å². The molecule has 9 aliphatic rings. The molecule has 22 nitrogen and oxygen atoms in total.